The highest BCUT2D eigenvalue weighted by Crippen LogP contribution is 2.28. The largest absolute Gasteiger partial charge is 0.329 e. The number of rotatable bonds is 2. The van der Waals surface area contributed by atoms with Crippen LogP contribution in [-0.2, 0) is 0 Å². The van der Waals surface area contributed by atoms with Crippen molar-refractivity contribution in [2.45, 2.75) is 6.04 Å². The molecule has 0 heterocycles. The molecule has 0 fully saturated rings. The maximum Gasteiger partial charge on any atom is 0.0640 e. The summed E-state index contributed by atoms with van der Waals surface area (Å²) in [6.45, 7) is 0.361. The van der Waals surface area contributed by atoms with Crippen molar-refractivity contribution in [2.75, 3.05) is 6.54 Å². The van der Waals surface area contributed by atoms with E-state index in [0.29, 0.717) is 16.6 Å². The Balaban J connectivity index is 0.00000144. The fraction of sp³-hybridized carbons (Fsp3) is 0.250. The molecule has 0 aliphatic heterocycles. The third-order valence-electron chi connectivity index (χ3n) is 1.63. The van der Waals surface area contributed by atoms with E-state index in [1.165, 1.54) is 0 Å². The van der Waals surface area contributed by atoms with Crippen molar-refractivity contribution < 1.29 is 0 Å². The summed E-state index contributed by atoms with van der Waals surface area (Å²) in [5, 5.41) is 1.01. The molecule has 5 heteroatoms. The van der Waals surface area contributed by atoms with Crippen LogP contribution in [-0.4, -0.2) is 6.54 Å². The molecule has 1 rings (SSSR count). The fourth-order valence-corrected chi connectivity index (χ4v) is 1.38. The third kappa shape index (κ3) is 3.01. The van der Waals surface area contributed by atoms with Crippen LogP contribution in [0.25, 0.3) is 0 Å². The van der Waals surface area contributed by atoms with E-state index in [1.54, 1.807) is 12.1 Å². The van der Waals surface area contributed by atoms with Gasteiger partial charge in [-0.05, 0) is 11.6 Å². The molecule has 1 aromatic carbocycles. The lowest BCUT2D eigenvalue weighted by atomic mass is 10.1. The highest BCUT2D eigenvalue weighted by atomic mass is 35.5. The molecule has 0 aliphatic rings. The number of halogens is 3. The molecular formula is C8H11Cl3N2. The minimum Gasteiger partial charge on any atom is -0.329 e. The van der Waals surface area contributed by atoms with E-state index in [4.69, 9.17) is 34.7 Å². The van der Waals surface area contributed by atoms with Gasteiger partial charge in [-0.25, -0.2) is 0 Å². The van der Waals surface area contributed by atoms with Crippen molar-refractivity contribution in [1.29, 1.82) is 0 Å². The maximum absolute atomic E-state index is 5.90. The summed E-state index contributed by atoms with van der Waals surface area (Å²) in [6.07, 6.45) is 0. The van der Waals surface area contributed by atoms with Gasteiger partial charge in [0.25, 0.3) is 0 Å². The first-order valence-corrected chi connectivity index (χ1v) is 4.32. The summed E-state index contributed by atoms with van der Waals surface area (Å²) in [4.78, 5) is 0. The van der Waals surface area contributed by atoms with Crippen molar-refractivity contribution >= 4 is 35.6 Å². The molecule has 0 radical (unpaired) electrons. The predicted molar refractivity (Wildman–Crippen MR) is 59.7 cm³/mol. The molecule has 1 aromatic rings. The first-order valence-electron chi connectivity index (χ1n) is 3.56. The van der Waals surface area contributed by atoms with Gasteiger partial charge in [0.1, 0.15) is 0 Å². The molecule has 0 saturated heterocycles. The minimum absolute atomic E-state index is 0. The summed E-state index contributed by atoms with van der Waals surface area (Å²) in [6, 6.07) is 5.11. The van der Waals surface area contributed by atoms with Crippen LogP contribution < -0.4 is 11.5 Å². The predicted octanol–water partition coefficient (Wildman–Crippen LogP) is 2.37. The average molecular weight is 242 g/mol. The van der Waals surface area contributed by atoms with Gasteiger partial charge in [-0.3, -0.25) is 0 Å². The summed E-state index contributed by atoms with van der Waals surface area (Å²) in [5.41, 5.74) is 11.9. The molecule has 1 atom stereocenters. The second kappa shape index (κ2) is 5.68. The van der Waals surface area contributed by atoms with Gasteiger partial charge in [0.2, 0.25) is 0 Å². The Kier molecular flexibility index (Phi) is 5.68. The quantitative estimate of drug-likeness (QED) is 0.835. The Morgan fingerprint density at radius 2 is 1.92 bits per heavy atom. The van der Waals surface area contributed by atoms with E-state index in [1.807, 2.05) is 6.07 Å². The Morgan fingerprint density at radius 3 is 2.46 bits per heavy atom. The molecule has 13 heavy (non-hydrogen) atoms. The highest BCUT2D eigenvalue weighted by Gasteiger charge is 2.09. The number of nitrogens with two attached hydrogens (primary N) is 2. The van der Waals surface area contributed by atoms with Crippen molar-refractivity contribution in [2.24, 2.45) is 11.5 Å². The van der Waals surface area contributed by atoms with E-state index < -0.39 is 0 Å². The third-order valence-corrected chi connectivity index (χ3v) is 2.47. The van der Waals surface area contributed by atoms with Crippen LogP contribution in [0.5, 0.6) is 0 Å². The van der Waals surface area contributed by atoms with Crippen molar-refractivity contribution in [3.05, 3.63) is 33.8 Å². The summed E-state index contributed by atoms with van der Waals surface area (Å²) < 4.78 is 0. The SMILES string of the molecule is Cl.NC[C@@H](N)c1cccc(Cl)c1Cl. The molecule has 0 unspecified atom stereocenters. The van der Waals surface area contributed by atoms with E-state index >= 15 is 0 Å². The lowest BCUT2D eigenvalue weighted by molar-refractivity contribution is 0.737. The van der Waals surface area contributed by atoms with Crippen molar-refractivity contribution in [3.8, 4) is 0 Å². The zero-order valence-corrected chi connectivity index (χ0v) is 9.16. The van der Waals surface area contributed by atoms with E-state index in [2.05, 4.69) is 0 Å². The highest BCUT2D eigenvalue weighted by molar-refractivity contribution is 6.42. The Labute approximate surface area is 93.6 Å². The van der Waals surface area contributed by atoms with Gasteiger partial charge in [0, 0.05) is 12.6 Å². The lowest BCUT2D eigenvalue weighted by Crippen LogP contribution is -2.21. The van der Waals surface area contributed by atoms with Crippen molar-refractivity contribution in [1.82, 2.24) is 0 Å². The molecule has 2 nitrogen and oxygen atoms in total. The fourth-order valence-electron chi connectivity index (χ4n) is 0.934. The molecule has 0 bridgehead atoms. The normalized spacial score (nSPS) is 12.0. The van der Waals surface area contributed by atoms with E-state index in [0.717, 1.165) is 5.56 Å². The molecule has 74 valence electrons. The van der Waals surface area contributed by atoms with Gasteiger partial charge in [-0.2, -0.15) is 0 Å². The van der Waals surface area contributed by atoms with Crippen LogP contribution >= 0.6 is 35.6 Å². The monoisotopic (exact) mass is 240 g/mol. The average Bonchev–Trinajstić information content (AvgIpc) is 2.08. The number of hydrogen-bond donors (Lipinski definition) is 2. The van der Waals surface area contributed by atoms with E-state index in [-0.39, 0.29) is 18.4 Å². The molecule has 0 spiro atoms. The van der Waals surface area contributed by atoms with Gasteiger partial charge >= 0.3 is 0 Å². The topological polar surface area (TPSA) is 52.0 Å². The van der Waals surface area contributed by atoms with Gasteiger partial charge < -0.3 is 11.5 Å². The van der Waals surface area contributed by atoms with Crippen LogP contribution in [0.3, 0.4) is 0 Å². The smallest absolute Gasteiger partial charge is 0.0640 e. The standard InChI is InChI=1S/C8H10Cl2N2.ClH/c9-6-3-1-2-5(8(6)10)7(12)4-11;/h1-3,7H,4,11-12H2;1H/t7-;/m1./s1. The molecule has 4 N–H and O–H groups in total. The van der Waals surface area contributed by atoms with Crippen LogP contribution in [0.2, 0.25) is 10.0 Å². The number of hydrogen-bond acceptors (Lipinski definition) is 2. The molecular weight excluding hydrogens is 230 g/mol. The van der Waals surface area contributed by atoms with Crippen molar-refractivity contribution in [3.63, 3.8) is 0 Å². The summed E-state index contributed by atoms with van der Waals surface area (Å²) in [7, 11) is 0. The van der Waals surface area contributed by atoms with Crippen LogP contribution in [0.1, 0.15) is 11.6 Å². The maximum atomic E-state index is 5.90. The first-order chi connectivity index (χ1) is 5.66. The van der Waals surface area contributed by atoms with Crippen LogP contribution in [0, 0.1) is 0 Å². The summed E-state index contributed by atoms with van der Waals surface area (Å²) in [5.74, 6) is 0. The number of benzene rings is 1. The summed E-state index contributed by atoms with van der Waals surface area (Å²) >= 11 is 11.7. The van der Waals surface area contributed by atoms with E-state index in [9.17, 15) is 0 Å². The molecule has 0 saturated carbocycles. The molecule has 0 amide bonds. The molecule has 0 aliphatic carbocycles. The zero-order valence-electron chi connectivity index (χ0n) is 6.84. The van der Waals surface area contributed by atoms with Gasteiger partial charge in [-0.15, -0.1) is 12.4 Å². The Bertz CT molecular complexity index is 278. The Morgan fingerprint density at radius 1 is 1.31 bits per heavy atom. The second-order valence-electron chi connectivity index (χ2n) is 2.49. The zero-order chi connectivity index (χ0) is 9.14. The first kappa shape index (κ1) is 13.0. The molecule has 0 aromatic heterocycles. The lowest BCUT2D eigenvalue weighted by Gasteiger charge is -2.11. The van der Waals surface area contributed by atoms with Gasteiger partial charge in [0.15, 0.2) is 0 Å². The minimum atomic E-state index is -0.240. The van der Waals surface area contributed by atoms with Crippen LogP contribution in [0.15, 0.2) is 18.2 Å². The second-order valence-corrected chi connectivity index (χ2v) is 3.27. The van der Waals surface area contributed by atoms with Gasteiger partial charge in [-0.1, -0.05) is 35.3 Å². The van der Waals surface area contributed by atoms with Crippen LogP contribution in [0.4, 0.5) is 0 Å². The Hall–Kier alpha value is 0.01000. The van der Waals surface area contributed by atoms with Gasteiger partial charge in [0.05, 0.1) is 10.0 Å².